The standard InChI is InChI=1S/C10H7BrN2O2/c11-10-12-7(8(13-10)9(14)15)6-4-2-1-3-5-6/h1-5H,(H,12,13)(H,14,15). The molecule has 0 bridgehead atoms. The fourth-order valence-electron chi connectivity index (χ4n) is 1.30. The Hall–Kier alpha value is -1.62. The molecule has 0 atom stereocenters. The topological polar surface area (TPSA) is 66.0 Å². The van der Waals surface area contributed by atoms with Crippen molar-refractivity contribution in [1.29, 1.82) is 0 Å². The van der Waals surface area contributed by atoms with Crippen molar-refractivity contribution in [3.05, 3.63) is 40.8 Å². The molecule has 2 aromatic rings. The summed E-state index contributed by atoms with van der Waals surface area (Å²) in [6.45, 7) is 0. The molecule has 0 fully saturated rings. The number of hydrogen-bond donors (Lipinski definition) is 2. The van der Waals surface area contributed by atoms with Crippen LogP contribution >= 0.6 is 15.9 Å². The zero-order valence-corrected chi connectivity index (χ0v) is 9.15. The highest BCUT2D eigenvalue weighted by molar-refractivity contribution is 9.10. The lowest BCUT2D eigenvalue weighted by atomic mass is 10.1. The summed E-state index contributed by atoms with van der Waals surface area (Å²) in [5, 5.41) is 8.95. The molecule has 1 aromatic carbocycles. The molecule has 0 unspecified atom stereocenters. The highest BCUT2D eigenvalue weighted by atomic mass is 79.9. The first-order chi connectivity index (χ1) is 7.18. The number of carboxylic acid groups (broad SMARTS) is 1. The minimum absolute atomic E-state index is 0.0908. The maximum Gasteiger partial charge on any atom is 0.354 e. The number of nitrogens with one attached hydrogen (secondary N) is 1. The summed E-state index contributed by atoms with van der Waals surface area (Å²) in [6.07, 6.45) is 0. The third-order valence-electron chi connectivity index (χ3n) is 1.94. The predicted octanol–water partition coefficient (Wildman–Crippen LogP) is 2.54. The lowest BCUT2D eigenvalue weighted by molar-refractivity contribution is 0.0692. The molecule has 4 nitrogen and oxygen atoms in total. The Bertz CT molecular complexity index is 493. The van der Waals surface area contributed by atoms with Gasteiger partial charge >= 0.3 is 5.97 Å². The minimum atomic E-state index is -1.02. The molecule has 2 N–H and O–H groups in total. The predicted molar refractivity (Wildman–Crippen MR) is 58.7 cm³/mol. The van der Waals surface area contributed by atoms with E-state index < -0.39 is 5.97 Å². The highest BCUT2D eigenvalue weighted by Crippen LogP contribution is 2.23. The summed E-state index contributed by atoms with van der Waals surface area (Å²) in [5.41, 5.74) is 1.31. The summed E-state index contributed by atoms with van der Waals surface area (Å²) < 4.78 is 0.416. The zero-order chi connectivity index (χ0) is 10.8. The molecule has 0 radical (unpaired) electrons. The van der Waals surface area contributed by atoms with Crippen molar-refractivity contribution in [2.24, 2.45) is 0 Å². The first kappa shape index (κ1) is 9.92. The van der Waals surface area contributed by atoms with Crippen LogP contribution < -0.4 is 0 Å². The summed E-state index contributed by atoms with van der Waals surface area (Å²) in [6, 6.07) is 9.17. The number of aromatic amines is 1. The largest absolute Gasteiger partial charge is 0.477 e. The monoisotopic (exact) mass is 266 g/mol. The van der Waals surface area contributed by atoms with E-state index in [9.17, 15) is 4.79 Å². The van der Waals surface area contributed by atoms with Gasteiger partial charge in [-0.3, -0.25) is 0 Å². The lowest BCUT2D eigenvalue weighted by Crippen LogP contribution is -1.98. The summed E-state index contributed by atoms with van der Waals surface area (Å²) in [4.78, 5) is 17.6. The van der Waals surface area contributed by atoms with Crippen LogP contribution in [0.3, 0.4) is 0 Å². The molecule has 0 aliphatic rings. The van der Waals surface area contributed by atoms with Gasteiger partial charge in [0.1, 0.15) is 5.69 Å². The normalized spacial score (nSPS) is 10.2. The molecular weight excluding hydrogens is 260 g/mol. The van der Waals surface area contributed by atoms with E-state index in [0.29, 0.717) is 10.4 Å². The van der Waals surface area contributed by atoms with E-state index in [1.54, 1.807) is 0 Å². The van der Waals surface area contributed by atoms with Gasteiger partial charge in [0.25, 0.3) is 0 Å². The fraction of sp³-hybridized carbons (Fsp3) is 0. The Morgan fingerprint density at radius 3 is 2.60 bits per heavy atom. The maximum atomic E-state index is 10.9. The van der Waals surface area contributed by atoms with E-state index in [2.05, 4.69) is 25.9 Å². The third kappa shape index (κ3) is 1.92. The van der Waals surface area contributed by atoms with Gasteiger partial charge in [-0.15, -0.1) is 0 Å². The zero-order valence-electron chi connectivity index (χ0n) is 7.57. The number of aromatic nitrogens is 2. The van der Waals surface area contributed by atoms with E-state index in [0.717, 1.165) is 5.56 Å². The molecule has 2 rings (SSSR count). The molecule has 5 heteroatoms. The molecule has 0 saturated heterocycles. The van der Waals surface area contributed by atoms with Gasteiger partial charge in [0.2, 0.25) is 0 Å². The number of nitrogens with zero attached hydrogens (tertiary/aromatic N) is 1. The Morgan fingerprint density at radius 2 is 2.00 bits per heavy atom. The first-order valence-corrected chi connectivity index (χ1v) is 5.02. The van der Waals surface area contributed by atoms with Crippen molar-refractivity contribution in [2.45, 2.75) is 0 Å². The molecule has 0 spiro atoms. The third-order valence-corrected chi connectivity index (χ3v) is 2.31. The van der Waals surface area contributed by atoms with Gasteiger partial charge in [0.15, 0.2) is 10.4 Å². The number of H-pyrrole nitrogens is 1. The molecule has 0 aliphatic heterocycles. The molecule has 1 heterocycles. The van der Waals surface area contributed by atoms with Crippen LogP contribution in [0.4, 0.5) is 0 Å². The summed E-state index contributed by atoms with van der Waals surface area (Å²) in [5.74, 6) is -1.02. The van der Waals surface area contributed by atoms with E-state index in [1.807, 2.05) is 30.3 Å². The Morgan fingerprint density at radius 1 is 1.33 bits per heavy atom. The number of benzene rings is 1. The Balaban J connectivity index is 2.58. The van der Waals surface area contributed by atoms with Gasteiger partial charge in [0.05, 0.1) is 0 Å². The molecule has 76 valence electrons. The SMILES string of the molecule is O=C(O)c1[nH]c(Br)nc1-c1ccccc1. The van der Waals surface area contributed by atoms with Crippen molar-refractivity contribution in [1.82, 2.24) is 9.97 Å². The van der Waals surface area contributed by atoms with Crippen molar-refractivity contribution < 1.29 is 9.90 Å². The second kappa shape index (κ2) is 3.86. The van der Waals surface area contributed by atoms with E-state index >= 15 is 0 Å². The Labute approximate surface area is 94.1 Å². The van der Waals surface area contributed by atoms with Gasteiger partial charge in [0, 0.05) is 5.56 Å². The van der Waals surface area contributed by atoms with Crippen LogP contribution in [-0.2, 0) is 0 Å². The number of rotatable bonds is 2. The van der Waals surface area contributed by atoms with Gasteiger partial charge in [-0.05, 0) is 15.9 Å². The van der Waals surface area contributed by atoms with Crippen LogP contribution in [0.15, 0.2) is 35.1 Å². The van der Waals surface area contributed by atoms with Crippen LogP contribution in [0.1, 0.15) is 10.5 Å². The van der Waals surface area contributed by atoms with E-state index in [-0.39, 0.29) is 5.69 Å². The summed E-state index contributed by atoms with van der Waals surface area (Å²) >= 11 is 3.12. The smallest absolute Gasteiger partial charge is 0.354 e. The van der Waals surface area contributed by atoms with Crippen LogP contribution in [0.2, 0.25) is 0 Å². The van der Waals surface area contributed by atoms with Crippen LogP contribution in [0, 0.1) is 0 Å². The van der Waals surface area contributed by atoms with Crippen molar-refractivity contribution in [3.8, 4) is 11.3 Å². The average Bonchev–Trinajstić information content (AvgIpc) is 2.62. The molecular formula is C10H7BrN2O2. The fourth-order valence-corrected chi connectivity index (χ4v) is 1.68. The number of carboxylic acids is 1. The van der Waals surface area contributed by atoms with Crippen LogP contribution in [-0.4, -0.2) is 21.0 Å². The van der Waals surface area contributed by atoms with Gasteiger partial charge in [-0.2, -0.15) is 0 Å². The molecule has 0 aliphatic carbocycles. The van der Waals surface area contributed by atoms with E-state index in [4.69, 9.17) is 5.11 Å². The Kier molecular flexibility index (Phi) is 2.55. The molecule has 15 heavy (non-hydrogen) atoms. The quantitative estimate of drug-likeness (QED) is 0.878. The lowest BCUT2D eigenvalue weighted by Gasteiger charge is -1.97. The van der Waals surface area contributed by atoms with Crippen molar-refractivity contribution in [3.63, 3.8) is 0 Å². The maximum absolute atomic E-state index is 10.9. The van der Waals surface area contributed by atoms with Crippen LogP contribution in [0.5, 0.6) is 0 Å². The first-order valence-electron chi connectivity index (χ1n) is 4.22. The molecule has 1 aromatic heterocycles. The van der Waals surface area contributed by atoms with Crippen molar-refractivity contribution in [2.75, 3.05) is 0 Å². The van der Waals surface area contributed by atoms with E-state index in [1.165, 1.54) is 0 Å². The second-order valence-corrected chi connectivity index (χ2v) is 3.67. The minimum Gasteiger partial charge on any atom is -0.477 e. The van der Waals surface area contributed by atoms with Crippen molar-refractivity contribution >= 4 is 21.9 Å². The van der Waals surface area contributed by atoms with Crippen LogP contribution in [0.25, 0.3) is 11.3 Å². The average molecular weight is 267 g/mol. The van der Waals surface area contributed by atoms with Gasteiger partial charge in [-0.25, -0.2) is 9.78 Å². The van der Waals surface area contributed by atoms with Gasteiger partial charge in [-0.1, -0.05) is 30.3 Å². The highest BCUT2D eigenvalue weighted by Gasteiger charge is 2.16. The number of aromatic carboxylic acids is 1. The summed E-state index contributed by atoms with van der Waals surface area (Å²) in [7, 11) is 0. The number of halogens is 1. The van der Waals surface area contributed by atoms with Gasteiger partial charge < -0.3 is 10.1 Å². The number of carbonyl (C=O) groups is 1. The molecule has 0 saturated carbocycles. The molecule has 0 amide bonds. The number of imidazole rings is 1. The number of hydrogen-bond acceptors (Lipinski definition) is 2. The second-order valence-electron chi connectivity index (χ2n) is 2.92.